The molecule has 0 aliphatic carbocycles. The Labute approximate surface area is 161 Å². The molecule has 0 atom stereocenters. The lowest BCUT2D eigenvalue weighted by Crippen LogP contribution is -2.24. The summed E-state index contributed by atoms with van der Waals surface area (Å²) in [6.45, 7) is 2.35. The second kappa shape index (κ2) is 8.16. The van der Waals surface area contributed by atoms with Gasteiger partial charge in [-0.3, -0.25) is 4.79 Å². The first kappa shape index (κ1) is 19.5. The number of fused-ring (bicyclic) bond motifs is 1. The molecule has 27 heavy (non-hydrogen) atoms. The molecule has 0 radical (unpaired) electrons. The fourth-order valence-corrected chi connectivity index (χ4v) is 4.58. The molecule has 142 valence electrons. The van der Waals surface area contributed by atoms with Gasteiger partial charge in [-0.1, -0.05) is 19.4 Å². The molecule has 1 heterocycles. The molecule has 0 saturated heterocycles. The van der Waals surface area contributed by atoms with E-state index in [2.05, 4.69) is 10.0 Å². The van der Waals surface area contributed by atoms with E-state index >= 15 is 0 Å². The smallest absolute Gasteiger partial charge is 0.265 e. The number of benzene rings is 2. The fourth-order valence-electron chi connectivity index (χ4n) is 2.53. The number of carbonyl (C=O) groups excluding carboxylic acids is 1. The summed E-state index contributed by atoms with van der Waals surface area (Å²) < 4.78 is 41.3. The van der Waals surface area contributed by atoms with Gasteiger partial charge in [0.05, 0.1) is 9.77 Å². The van der Waals surface area contributed by atoms with Gasteiger partial charge in [0.25, 0.3) is 5.91 Å². The first-order chi connectivity index (χ1) is 12.9. The number of thiophene rings is 1. The number of hydrogen-bond donors (Lipinski definition) is 2. The Balaban J connectivity index is 1.77. The van der Waals surface area contributed by atoms with Crippen molar-refractivity contribution in [3.63, 3.8) is 0 Å². The summed E-state index contributed by atoms with van der Waals surface area (Å²) in [5.41, 5.74) is 0.377. The Bertz CT molecular complexity index is 1080. The van der Waals surface area contributed by atoms with Crippen molar-refractivity contribution >= 4 is 43.0 Å². The lowest BCUT2D eigenvalue weighted by atomic mass is 10.2. The number of hydrogen-bond acceptors (Lipinski definition) is 4. The molecule has 0 fully saturated rings. The van der Waals surface area contributed by atoms with E-state index < -0.39 is 10.0 Å². The van der Waals surface area contributed by atoms with Gasteiger partial charge in [0.1, 0.15) is 5.82 Å². The maximum absolute atomic E-state index is 13.3. The van der Waals surface area contributed by atoms with Crippen molar-refractivity contribution in [1.29, 1.82) is 0 Å². The quantitative estimate of drug-likeness (QED) is 0.572. The average molecular weight is 407 g/mol. The van der Waals surface area contributed by atoms with E-state index in [4.69, 9.17) is 0 Å². The van der Waals surface area contributed by atoms with Crippen LogP contribution in [-0.4, -0.2) is 20.9 Å². The molecule has 0 aliphatic rings. The summed E-state index contributed by atoms with van der Waals surface area (Å²) in [6.07, 6.45) is 1.64. The van der Waals surface area contributed by atoms with E-state index in [9.17, 15) is 17.6 Å². The number of amides is 1. The largest absolute Gasteiger partial charge is 0.321 e. The monoisotopic (exact) mass is 406 g/mol. The standard InChI is InChI=1S/C19H19FN2O3S2/c1-2-3-9-21-27(24,25)16-6-4-5-15(12-16)22-19(23)18-11-13-10-14(20)7-8-17(13)26-18/h4-8,10-12,21H,2-3,9H2,1H3,(H,22,23). The molecular weight excluding hydrogens is 387 g/mol. The minimum Gasteiger partial charge on any atom is -0.321 e. The third-order valence-electron chi connectivity index (χ3n) is 3.93. The van der Waals surface area contributed by atoms with Crippen LogP contribution in [-0.2, 0) is 10.0 Å². The SMILES string of the molecule is CCCCNS(=O)(=O)c1cccc(NC(=O)c2cc3cc(F)ccc3s2)c1. The maximum atomic E-state index is 13.3. The predicted octanol–water partition coefficient (Wildman–Crippen LogP) is 4.37. The molecule has 0 unspecified atom stereocenters. The van der Waals surface area contributed by atoms with Crippen LogP contribution in [0, 0.1) is 5.82 Å². The summed E-state index contributed by atoms with van der Waals surface area (Å²) in [7, 11) is -3.62. The summed E-state index contributed by atoms with van der Waals surface area (Å²) in [5.74, 6) is -0.731. The molecule has 2 aromatic carbocycles. The maximum Gasteiger partial charge on any atom is 0.265 e. The Morgan fingerprint density at radius 2 is 1.96 bits per heavy atom. The molecule has 5 nitrogen and oxygen atoms in total. The highest BCUT2D eigenvalue weighted by Crippen LogP contribution is 2.27. The predicted molar refractivity (Wildman–Crippen MR) is 106 cm³/mol. The fraction of sp³-hybridized carbons (Fsp3) is 0.211. The van der Waals surface area contributed by atoms with Gasteiger partial charge in [-0.25, -0.2) is 17.5 Å². The third-order valence-corrected chi connectivity index (χ3v) is 6.50. The molecule has 3 aromatic rings. The number of unbranched alkanes of at least 4 members (excludes halogenated alkanes) is 1. The summed E-state index contributed by atoms with van der Waals surface area (Å²) in [6, 6.07) is 12.1. The van der Waals surface area contributed by atoms with Crippen LogP contribution in [0.15, 0.2) is 53.4 Å². The molecule has 0 spiro atoms. The molecule has 0 aliphatic heterocycles. The van der Waals surface area contributed by atoms with E-state index in [-0.39, 0.29) is 16.6 Å². The second-order valence-corrected chi connectivity index (χ2v) is 8.88. The number of halogens is 1. The van der Waals surface area contributed by atoms with Gasteiger partial charge >= 0.3 is 0 Å². The van der Waals surface area contributed by atoms with Crippen LogP contribution < -0.4 is 10.0 Å². The van der Waals surface area contributed by atoms with Crippen molar-refractivity contribution in [2.45, 2.75) is 24.7 Å². The van der Waals surface area contributed by atoms with Crippen LogP contribution >= 0.6 is 11.3 Å². The minimum absolute atomic E-state index is 0.0924. The van der Waals surface area contributed by atoms with Crippen LogP contribution in [0.2, 0.25) is 0 Å². The zero-order valence-corrected chi connectivity index (χ0v) is 16.3. The number of sulfonamides is 1. The molecular formula is C19H19FN2O3S2. The summed E-state index contributed by atoms with van der Waals surface area (Å²) >= 11 is 1.25. The molecule has 0 saturated carbocycles. The van der Waals surface area contributed by atoms with Gasteiger partial charge in [0, 0.05) is 16.9 Å². The van der Waals surface area contributed by atoms with Gasteiger partial charge in [-0.2, -0.15) is 0 Å². The van der Waals surface area contributed by atoms with Crippen molar-refractivity contribution in [3.05, 3.63) is 59.2 Å². The number of anilines is 1. The van der Waals surface area contributed by atoms with Gasteiger partial charge in [-0.05, 0) is 54.3 Å². The molecule has 1 aromatic heterocycles. The number of rotatable bonds is 7. The zero-order chi connectivity index (χ0) is 19.4. The topological polar surface area (TPSA) is 75.3 Å². The number of carbonyl (C=O) groups is 1. The Morgan fingerprint density at radius 3 is 2.74 bits per heavy atom. The van der Waals surface area contributed by atoms with Gasteiger partial charge in [0.2, 0.25) is 10.0 Å². The van der Waals surface area contributed by atoms with Gasteiger partial charge in [-0.15, -0.1) is 11.3 Å². The van der Waals surface area contributed by atoms with Crippen LogP contribution in [0.4, 0.5) is 10.1 Å². The normalized spacial score (nSPS) is 11.6. The van der Waals surface area contributed by atoms with Gasteiger partial charge in [0.15, 0.2) is 0 Å². The molecule has 8 heteroatoms. The van der Waals surface area contributed by atoms with E-state index in [1.54, 1.807) is 24.3 Å². The van der Waals surface area contributed by atoms with E-state index in [1.807, 2.05) is 6.92 Å². The highest BCUT2D eigenvalue weighted by Gasteiger charge is 2.15. The zero-order valence-electron chi connectivity index (χ0n) is 14.7. The molecule has 3 rings (SSSR count). The van der Waals surface area contributed by atoms with E-state index in [1.165, 1.54) is 35.6 Å². The van der Waals surface area contributed by atoms with E-state index in [0.29, 0.717) is 22.5 Å². The lowest BCUT2D eigenvalue weighted by molar-refractivity contribution is 0.103. The molecule has 1 amide bonds. The van der Waals surface area contributed by atoms with Crippen LogP contribution in [0.1, 0.15) is 29.4 Å². The third kappa shape index (κ3) is 4.71. The highest BCUT2D eigenvalue weighted by atomic mass is 32.2. The van der Waals surface area contributed by atoms with Crippen molar-refractivity contribution in [2.75, 3.05) is 11.9 Å². The minimum atomic E-state index is -3.62. The molecule has 0 bridgehead atoms. The van der Waals surface area contributed by atoms with Crippen molar-refractivity contribution in [3.8, 4) is 0 Å². The van der Waals surface area contributed by atoms with Crippen LogP contribution in [0.5, 0.6) is 0 Å². The van der Waals surface area contributed by atoms with Crippen molar-refractivity contribution in [1.82, 2.24) is 4.72 Å². The van der Waals surface area contributed by atoms with Crippen molar-refractivity contribution < 1.29 is 17.6 Å². The van der Waals surface area contributed by atoms with Crippen LogP contribution in [0.3, 0.4) is 0 Å². The summed E-state index contributed by atoms with van der Waals surface area (Å²) in [5, 5.41) is 3.35. The van der Waals surface area contributed by atoms with Crippen molar-refractivity contribution in [2.24, 2.45) is 0 Å². The lowest BCUT2D eigenvalue weighted by Gasteiger charge is -2.09. The Kier molecular flexibility index (Phi) is 5.88. The first-order valence-electron chi connectivity index (χ1n) is 8.49. The summed E-state index contributed by atoms with van der Waals surface area (Å²) in [4.78, 5) is 13.0. The van der Waals surface area contributed by atoms with Gasteiger partial charge < -0.3 is 5.32 Å². The number of nitrogens with one attached hydrogen (secondary N) is 2. The molecule has 2 N–H and O–H groups in total. The highest BCUT2D eigenvalue weighted by molar-refractivity contribution is 7.89. The Morgan fingerprint density at radius 1 is 1.15 bits per heavy atom. The average Bonchev–Trinajstić information content (AvgIpc) is 3.05. The van der Waals surface area contributed by atoms with E-state index in [0.717, 1.165) is 17.5 Å². The second-order valence-electron chi connectivity index (χ2n) is 6.03. The Hall–Kier alpha value is -2.29. The first-order valence-corrected chi connectivity index (χ1v) is 10.8. The van der Waals surface area contributed by atoms with Crippen LogP contribution in [0.25, 0.3) is 10.1 Å².